The molecule has 7 heteroatoms. The van der Waals surface area contributed by atoms with E-state index in [4.69, 9.17) is 9.94 Å². The molecule has 2 atom stereocenters. The largest absolute Gasteiger partial charge is 0.465 e. The Bertz CT molecular complexity index is 283. The van der Waals surface area contributed by atoms with Crippen molar-refractivity contribution in [2.24, 2.45) is 0 Å². The summed E-state index contributed by atoms with van der Waals surface area (Å²) < 4.78 is 0. The lowest BCUT2D eigenvalue weighted by Crippen LogP contribution is -2.46. The van der Waals surface area contributed by atoms with Crippen molar-refractivity contribution in [1.82, 2.24) is 9.96 Å². The number of hydrogen-bond donors (Lipinski definition) is 2. The molecule has 0 aromatic rings. The number of carbonyl (C=O) groups excluding carboxylic acids is 1. The number of amides is 2. The molecule has 1 saturated heterocycles. The van der Waals surface area contributed by atoms with Crippen LogP contribution in [0.25, 0.3) is 0 Å². The molecule has 2 amide bonds. The van der Waals surface area contributed by atoms with E-state index in [0.717, 1.165) is 9.96 Å². The molecule has 0 bridgehead atoms. The fourth-order valence-electron chi connectivity index (χ4n) is 1.72. The number of rotatable bonds is 3. The van der Waals surface area contributed by atoms with Gasteiger partial charge in [0.05, 0.1) is 19.3 Å². The topological polar surface area (TPSA) is 90.3 Å². The minimum absolute atomic E-state index is 0.00312. The summed E-state index contributed by atoms with van der Waals surface area (Å²) in [6.07, 6.45) is -2.02. The summed E-state index contributed by atoms with van der Waals surface area (Å²) in [6.45, 7) is 3.38. The molecule has 16 heavy (non-hydrogen) atoms. The van der Waals surface area contributed by atoms with Crippen LogP contribution in [0.2, 0.25) is 0 Å². The third-order valence-electron chi connectivity index (χ3n) is 2.41. The molecule has 1 fully saturated rings. The average Bonchev–Trinajstić information content (AvgIpc) is 2.56. The van der Waals surface area contributed by atoms with Crippen LogP contribution in [0.15, 0.2) is 0 Å². The Kier molecular flexibility index (Phi) is 4.08. The molecule has 0 aromatic carbocycles. The van der Waals surface area contributed by atoms with Gasteiger partial charge in [0.25, 0.3) is 0 Å². The van der Waals surface area contributed by atoms with Gasteiger partial charge in [0.2, 0.25) is 5.91 Å². The Morgan fingerprint density at radius 3 is 2.50 bits per heavy atom. The van der Waals surface area contributed by atoms with Crippen LogP contribution < -0.4 is 0 Å². The van der Waals surface area contributed by atoms with E-state index in [1.165, 1.54) is 6.92 Å². The monoisotopic (exact) mass is 232 g/mol. The van der Waals surface area contributed by atoms with Gasteiger partial charge in [0, 0.05) is 13.5 Å². The molecule has 0 saturated carbocycles. The van der Waals surface area contributed by atoms with E-state index >= 15 is 0 Å². The van der Waals surface area contributed by atoms with E-state index in [9.17, 15) is 14.7 Å². The summed E-state index contributed by atoms with van der Waals surface area (Å²) in [7, 11) is 0. The zero-order valence-electron chi connectivity index (χ0n) is 9.29. The van der Waals surface area contributed by atoms with Crippen molar-refractivity contribution in [2.45, 2.75) is 26.0 Å². The maximum atomic E-state index is 11.3. The lowest BCUT2D eigenvalue weighted by atomic mass is 10.2. The molecular weight excluding hydrogens is 216 g/mol. The quantitative estimate of drug-likeness (QED) is 0.641. The highest BCUT2D eigenvalue weighted by atomic mass is 16.7. The van der Waals surface area contributed by atoms with E-state index in [1.807, 2.05) is 0 Å². The van der Waals surface area contributed by atoms with Crippen LogP contribution in [0.1, 0.15) is 13.8 Å². The molecule has 7 nitrogen and oxygen atoms in total. The molecule has 1 rings (SSSR count). The molecule has 2 N–H and O–H groups in total. The Labute approximate surface area is 93.2 Å². The van der Waals surface area contributed by atoms with E-state index < -0.39 is 18.2 Å². The minimum Gasteiger partial charge on any atom is -0.465 e. The maximum absolute atomic E-state index is 11.3. The highest BCUT2D eigenvalue weighted by Crippen LogP contribution is 2.17. The first-order valence-electron chi connectivity index (χ1n) is 5.06. The van der Waals surface area contributed by atoms with Gasteiger partial charge in [-0.1, -0.05) is 0 Å². The Balaban J connectivity index is 2.71. The molecule has 92 valence electrons. The minimum atomic E-state index is -1.11. The van der Waals surface area contributed by atoms with Gasteiger partial charge in [-0.05, 0) is 6.92 Å². The predicted octanol–water partition coefficient (Wildman–Crippen LogP) is -0.490. The van der Waals surface area contributed by atoms with Gasteiger partial charge in [-0.15, -0.1) is 0 Å². The highest BCUT2D eigenvalue weighted by Gasteiger charge is 2.39. The van der Waals surface area contributed by atoms with Crippen molar-refractivity contribution in [3.05, 3.63) is 0 Å². The molecule has 0 spiro atoms. The number of hydrogen-bond acceptors (Lipinski definition) is 4. The summed E-state index contributed by atoms with van der Waals surface area (Å²) in [5, 5.41) is 19.5. The van der Waals surface area contributed by atoms with E-state index in [-0.39, 0.29) is 25.6 Å². The van der Waals surface area contributed by atoms with Crippen LogP contribution in [0.4, 0.5) is 4.79 Å². The van der Waals surface area contributed by atoms with Gasteiger partial charge in [-0.2, -0.15) is 0 Å². The number of aliphatic hydroxyl groups excluding tert-OH is 1. The molecular formula is C9H16N2O5. The van der Waals surface area contributed by atoms with Gasteiger partial charge in [-0.25, -0.2) is 9.86 Å². The first kappa shape index (κ1) is 12.7. The van der Waals surface area contributed by atoms with Crippen molar-refractivity contribution in [3.8, 4) is 0 Å². The Hall–Kier alpha value is -1.34. The van der Waals surface area contributed by atoms with Crippen molar-refractivity contribution < 1.29 is 24.6 Å². The number of carbonyl (C=O) groups is 2. The summed E-state index contributed by atoms with van der Waals surface area (Å²) in [5.41, 5.74) is 0. The normalized spacial score (nSPS) is 24.6. The standard InChI is InChI=1S/C9H16N2O5/c1-3-16-11(6(2)12)7-4-10(9(14)15)5-8(7)13/h7-8,13H,3-5H2,1-2H3,(H,14,15). The second-order valence-electron chi connectivity index (χ2n) is 3.58. The maximum Gasteiger partial charge on any atom is 0.407 e. The SMILES string of the molecule is CCON(C(C)=O)C1CN(C(=O)O)CC1O. The zero-order chi connectivity index (χ0) is 12.3. The van der Waals surface area contributed by atoms with Crippen LogP contribution in [0.3, 0.4) is 0 Å². The van der Waals surface area contributed by atoms with Crippen LogP contribution in [0.5, 0.6) is 0 Å². The third kappa shape index (κ3) is 2.61. The smallest absolute Gasteiger partial charge is 0.407 e. The molecule has 0 aliphatic carbocycles. The van der Waals surface area contributed by atoms with E-state index in [1.54, 1.807) is 6.92 Å². The van der Waals surface area contributed by atoms with Crippen LogP contribution in [-0.4, -0.2) is 64.0 Å². The number of hydroxylamine groups is 2. The summed E-state index contributed by atoms with van der Waals surface area (Å²) in [5.74, 6) is -0.349. The fraction of sp³-hybridized carbons (Fsp3) is 0.778. The molecule has 1 heterocycles. The fourth-order valence-corrected chi connectivity index (χ4v) is 1.72. The average molecular weight is 232 g/mol. The Morgan fingerprint density at radius 1 is 1.50 bits per heavy atom. The summed E-state index contributed by atoms with van der Waals surface area (Å²) >= 11 is 0. The molecule has 2 unspecified atom stereocenters. The first-order chi connectivity index (χ1) is 7.47. The molecule has 0 radical (unpaired) electrons. The predicted molar refractivity (Wildman–Crippen MR) is 53.5 cm³/mol. The second-order valence-corrected chi connectivity index (χ2v) is 3.58. The number of nitrogens with zero attached hydrogens (tertiary/aromatic N) is 2. The highest BCUT2D eigenvalue weighted by molar-refractivity contribution is 5.73. The molecule has 1 aliphatic rings. The van der Waals surface area contributed by atoms with Crippen LogP contribution >= 0.6 is 0 Å². The lowest BCUT2D eigenvalue weighted by molar-refractivity contribution is -0.202. The molecule has 1 aliphatic heterocycles. The van der Waals surface area contributed by atoms with Gasteiger partial charge in [0.1, 0.15) is 6.04 Å². The second kappa shape index (κ2) is 5.13. The van der Waals surface area contributed by atoms with Gasteiger partial charge in [0.15, 0.2) is 0 Å². The van der Waals surface area contributed by atoms with Gasteiger partial charge < -0.3 is 15.1 Å². The zero-order valence-corrected chi connectivity index (χ0v) is 9.29. The van der Waals surface area contributed by atoms with Crippen molar-refractivity contribution in [2.75, 3.05) is 19.7 Å². The van der Waals surface area contributed by atoms with Crippen molar-refractivity contribution in [3.63, 3.8) is 0 Å². The lowest BCUT2D eigenvalue weighted by Gasteiger charge is -2.27. The molecule has 0 aromatic heterocycles. The van der Waals surface area contributed by atoms with Crippen LogP contribution in [0, 0.1) is 0 Å². The van der Waals surface area contributed by atoms with E-state index in [0.29, 0.717) is 0 Å². The van der Waals surface area contributed by atoms with Gasteiger partial charge in [-0.3, -0.25) is 9.63 Å². The Morgan fingerprint density at radius 2 is 2.12 bits per heavy atom. The van der Waals surface area contributed by atoms with Crippen LogP contribution in [-0.2, 0) is 9.63 Å². The third-order valence-corrected chi connectivity index (χ3v) is 2.41. The number of carboxylic acid groups (broad SMARTS) is 1. The first-order valence-corrected chi connectivity index (χ1v) is 5.06. The number of β-amino-alcohol motifs (C(OH)–C–C–N with tert-alkyl or cyclic N) is 1. The van der Waals surface area contributed by atoms with Crippen molar-refractivity contribution in [1.29, 1.82) is 0 Å². The van der Waals surface area contributed by atoms with E-state index in [2.05, 4.69) is 0 Å². The van der Waals surface area contributed by atoms with Crippen molar-refractivity contribution >= 4 is 12.0 Å². The number of likely N-dealkylation sites (tertiary alicyclic amines) is 1. The summed E-state index contributed by atoms with van der Waals surface area (Å²) in [6, 6.07) is -0.631. The summed E-state index contributed by atoms with van der Waals surface area (Å²) in [4.78, 5) is 28.1. The number of aliphatic hydroxyl groups is 1. The van der Waals surface area contributed by atoms with Gasteiger partial charge >= 0.3 is 6.09 Å².